The van der Waals surface area contributed by atoms with Gasteiger partial charge in [0.1, 0.15) is 17.7 Å². The molecule has 18 heavy (non-hydrogen) atoms. The van der Waals surface area contributed by atoms with Gasteiger partial charge in [-0.1, -0.05) is 6.07 Å². The second-order valence-corrected chi connectivity index (χ2v) is 3.45. The predicted molar refractivity (Wildman–Crippen MR) is 65.5 cm³/mol. The second kappa shape index (κ2) is 6.07. The monoisotopic (exact) mass is 241 g/mol. The zero-order valence-corrected chi connectivity index (χ0v) is 10.0. The van der Waals surface area contributed by atoms with Crippen molar-refractivity contribution < 1.29 is 9.53 Å². The van der Waals surface area contributed by atoms with E-state index in [4.69, 9.17) is 10.5 Å². The molecule has 0 fully saturated rings. The van der Waals surface area contributed by atoms with Gasteiger partial charge < -0.3 is 10.1 Å². The highest BCUT2D eigenvalue weighted by atomic mass is 16.5. The zero-order valence-electron chi connectivity index (χ0n) is 10.0. The number of hydrogen-bond donors (Lipinski definition) is 1. The second-order valence-electron chi connectivity index (χ2n) is 3.45. The quantitative estimate of drug-likeness (QED) is 0.647. The van der Waals surface area contributed by atoms with Gasteiger partial charge in [-0.15, -0.1) is 0 Å². The van der Waals surface area contributed by atoms with E-state index in [-0.39, 0.29) is 5.57 Å². The van der Waals surface area contributed by atoms with Crippen LogP contribution in [0.15, 0.2) is 30.0 Å². The third kappa shape index (κ3) is 3.10. The van der Waals surface area contributed by atoms with Crippen molar-refractivity contribution in [1.82, 2.24) is 0 Å². The standard InChI is InChI=1S/C13H11N3O2/c1-9-3-4-11(13(17)18-2)5-12(9)16-8-10(6-14)7-15/h3-5,8,16H,1-2H3. The molecule has 0 radical (unpaired) electrons. The molecule has 1 aromatic carbocycles. The average Bonchev–Trinajstić information content (AvgIpc) is 2.40. The highest BCUT2D eigenvalue weighted by Crippen LogP contribution is 2.17. The molecule has 0 heterocycles. The maximum atomic E-state index is 11.4. The number of allylic oxidation sites excluding steroid dienone is 1. The smallest absolute Gasteiger partial charge is 0.337 e. The predicted octanol–water partition coefficient (Wildman–Crippen LogP) is 2.12. The molecule has 1 aromatic rings. The van der Waals surface area contributed by atoms with Gasteiger partial charge in [0.2, 0.25) is 0 Å². The Hall–Kier alpha value is -2.79. The van der Waals surface area contributed by atoms with E-state index in [9.17, 15) is 4.79 Å². The van der Waals surface area contributed by atoms with E-state index in [2.05, 4.69) is 10.1 Å². The van der Waals surface area contributed by atoms with Gasteiger partial charge in [-0.25, -0.2) is 4.79 Å². The summed E-state index contributed by atoms with van der Waals surface area (Å²) in [4.78, 5) is 11.4. The van der Waals surface area contributed by atoms with Crippen molar-refractivity contribution >= 4 is 11.7 Å². The SMILES string of the molecule is COC(=O)c1ccc(C)c(NC=C(C#N)C#N)c1. The van der Waals surface area contributed by atoms with E-state index in [1.807, 2.05) is 6.92 Å². The fourth-order valence-electron chi connectivity index (χ4n) is 1.26. The lowest BCUT2D eigenvalue weighted by atomic mass is 10.1. The molecule has 1 N–H and O–H groups in total. The van der Waals surface area contributed by atoms with E-state index in [0.717, 1.165) is 5.56 Å². The van der Waals surface area contributed by atoms with Gasteiger partial charge in [-0.05, 0) is 24.6 Å². The van der Waals surface area contributed by atoms with Crippen molar-refractivity contribution in [3.63, 3.8) is 0 Å². The maximum absolute atomic E-state index is 11.4. The van der Waals surface area contributed by atoms with Crippen LogP contribution in [0.25, 0.3) is 0 Å². The molecule has 0 aliphatic heterocycles. The molecule has 0 aromatic heterocycles. The van der Waals surface area contributed by atoms with Crippen LogP contribution in [0.5, 0.6) is 0 Å². The minimum atomic E-state index is -0.442. The Kier molecular flexibility index (Phi) is 4.48. The van der Waals surface area contributed by atoms with Crippen molar-refractivity contribution in [1.29, 1.82) is 10.5 Å². The minimum absolute atomic E-state index is 0.0436. The first-order valence-electron chi connectivity index (χ1n) is 5.08. The number of nitrogens with one attached hydrogen (secondary N) is 1. The molecule has 90 valence electrons. The first kappa shape index (κ1) is 13.3. The van der Waals surface area contributed by atoms with E-state index in [0.29, 0.717) is 11.3 Å². The summed E-state index contributed by atoms with van der Waals surface area (Å²) in [5, 5.41) is 20.0. The number of methoxy groups -OCH3 is 1. The largest absolute Gasteiger partial charge is 0.465 e. The molecule has 5 heteroatoms. The summed E-state index contributed by atoms with van der Waals surface area (Å²) in [6.07, 6.45) is 1.30. The third-order valence-corrected chi connectivity index (χ3v) is 2.27. The van der Waals surface area contributed by atoms with Crippen LogP contribution in [0.2, 0.25) is 0 Å². The van der Waals surface area contributed by atoms with Gasteiger partial charge >= 0.3 is 5.97 Å². The number of nitriles is 2. The van der Waals surface area contributed by atoms with Gasteiger partial charge in [0.25, 0.3) is 0 Å². The Morgan fingerprint density at radius 1 is 1.39 bits per heavy atom. The molecular weight excluding hydrogens is 230 g/mol. The summed E-state index contributed by atoms with van der Waals surface area (Å²) >= 11 is 0. The highest BCUT2D eigenvalue weighted by molar-refractivity contribution is 5.90. The lowest BCUT2D eigenvalue weighted by Gasteiger charge is -2.07. The molecular formula is C13H11N3O2. The Morgan fingerprint density at radius 2 is 2.06 bits per heavy atom. The minimum Gasteiger partial charge on any atom is -0.465 e. The molecule has 0 saturated heterocycles. The average molecular weight is 241 g/mol. The number of esters is 1. The number of ether oxygens (including phenoxy) is 1. The summed E-state index contributed by atoms with van der Waals surface area (Å²) in [6, 6.07) is 8.47. The first-order valence-corrected chi connectivity index (χ1v) is 5.08. The molecule has 0 unspecified atom stereocenters. The zero-order chi connectivity index (χ0) is 13.5. The number of anilines is 1. The number of aryl methyl sites for hydroxylation is 1. The van der Waals surface area contributed by atoms with Crippen LogP contribution in [-0.4, -0.2) is 13.1 Å². The Labute approximate surface area is 105 Å². The van der Waals surface area contributed by atoms with Crippen molar-refractivity contribution in [2.24, 2.45) is 0 Å². The topological polar surface area (TPSA) is 85.9 Å². The number of hydrogen-bond acceptors (Lipinski definition) is 5. The van der Waals surface area contributed by atoms with Crippen molar-refractivity contribution in [2.45, 2.75) is 6.92 Å². The number of carbonyl (C=O) groups is 1. The van der Waals surface area contributed by atoms with Gasteiger partial charge in [0.05, 0.1) is 12.7 Å². The molecule has 1 rings (SSSR count). The summed E-state index contributed by atoms with van der Waals surface area (Å²) in [5.74, 6) is -0.442. The summed E-state index contributed by atoms with van der Waals surface area (Å²) in [5.41, 5.74) is 1.88. The van der Waals surface area contributed by atoms with Gasteiger partial charge in [0, 0.05) is 11.9 Å². The van der Waals surface area contributed by atoms with Crippen molar-refractivity contribution in [2.75, 3.05) is 12.4 Å². The fourth-order valence-corrected chi connectivity index (χ4v) is 1.26. The lowest BCUT2D eigenvalue weighted by molar-refractivity contribution is 0.0601. The van der Waals surface area contributed by atoms with E-state index < -0.39 is 5.97 Å². The molecule has 0 aliphatic rings. The number of rotatable bonds is 3. The van der Waals surface area contributed by atoms with Crippen LogP contribution in [0, 0.1) is 29.6 Å². The van der Waals surface area contributed by atoms with Crippen molar-refractivity contribution in [3.8, 4) is 12.1 Å². The lowest BCUT2D eigenvalue weighted by Crippen LogP contribution is -2.02. The number of nitrogens with zero attached hydrogens (tertiary/aromatic N) is 2. The third-order valence-electron chi connectivity index (χ3n) is 2.27. The van der Waals surface area contributed by atoms with Crippen LogP contribution in [0.3, 0.4) is 0 Å². The van der Waals surface area contributed by atoms with Crippen LogP contribution >= 0.6 is 0 Å². The van der Waals surface area contributed by atoms with Gasteiger partial charge in [0.15, 0.2) is 0 Å². The molecule has 5 nitrogen and oxygen atoms in total. The van der Waals surface area contributed by atoms with Crippen LogP contribution < -0.4 is 5.32 Å². The van der Waals surface area contributed by atoms with Crippen LogP contribution in [0.4, 0.5) is 5.69 Å². The number of benzene rings is 1. The molecule has 0 saturated carbocycles. The molecule has 0 bridgehead atoms. The van der Waals surface area contributed by atoms with E-state index in [1.54, 1.807) is 30.3 Å². The summed E-state index contributed by atoms with van der Waals surface area (Å²) < 4.78 is 4.61. The first-order chi connectivity index (χ1) is 8.62. The summed E-state index contributed by atoms with van der Waals surface area (Å²) in [7, 11) is 1.30. The molecule has 0 aliphatic carbocycles. The van der Waals surface area contributed by atoms with Gasteiger partial charge in [-0.3, -0.25) is 0 Å². The molecule has 0 amide bonds. The Balaban J connectivity index is 3.03. The Bertz CT molecular complexity index is 561. The molecule has 0 spiro atoms. The van der Waals surface area contributed by atoms with Crippen molar-refractivity contribution in [3.05, 3.63) is 41.1 Å². The van der Waals surface area contributed by atoms with Crippen LogP contribution in [-0.2, 0) is 4.74 Å². The van der Waals surface area contributed by atoms with E-state index >= 15 is 0 Å². The number of carbonyl (C=O) groups excluding carboxylic acids is 1. The normalized spacial score (nSPS) is 8.67. The van der Waals surface area contributed by atoms with Gasteiger partial charge in [-0.2, -0.15) is 10.5 Å². The fraction of sp³-hybridized carbons (Fsp3) is 0.154. The van der Waals surface area contributed by atoms with E-state index in [1.165, 1.54) is 13.3 Å². The Morgan fingerprint density at radius 3 is 2.61 bits per heavy atom. The molecule has 0 atom stereocenters. The maximum Gasteiger partial charge on any atom is 0.337 e. The highest BCUT2D eigenvalue weighted by Gasteiger charge is 2.07. The summed E-state index contributed by atoms with van der Waals surface area (Å²) in [6.45, 7) is 1.84. The van der Waals surface area contributed by atoms with Crippen LogP contribution in [0.1, 0.15) is 15.9 Å².